The van der Waals surface area contributed by atoms with Gasteiger partial charge in [-0.2, -0.15) is 0 Å². The van der Waals surface area contributed by atoms with Crippen LogP contribution in [0.1, 0.15) is 12.8 Å². The topological polar surface area (TPSA) is 64.3 Å². The first-order valence-corrected chi connectivity index (χ1v) is 3.79. The Morgan fingerprint density at radius 3 is 2.82 bits per heavy atom. The van der Waals surface area contributed by atoms with E-state index in [1.54, 1.807) is 7.05 Å². The Labute approximate surface area is 67.1 Å². The average molecular weight is 160 g/mol. The molecule has 0 aliphatic carbocycles. The molecule has 0 atom stereocenters. The second-order valence-corrected chi connectivity index (χ2v) is 2.18. The van der Waals surface area contributed by atoms with Gasteiger partial charge in [-0.05, 0) is 13.0 Å². The Kier molecular flexibility index (Phi) is 7.08. The Morgan fingerprint density at radius 1 is 1.55 bits per heavy atom. The predicted molar refractivity (Wildman–Crippen MR) is 43.2 cm³/mol. The number of rotatable bonds is 6. The summed E-state index contributed by atoms with van der Waals surface area (Å²) in [5.74, 6) is 0.0118. The van der Waals surface area contributed by atoms with Gasteiger partial charge in [0.15, 0.2) is 0 Å². The highest BCUT2D eigenvalue weighted by atomic mass is 16.5. The second kappa shape index (κ2) is 7.50. The van der Waals surface area contributed by atoms with Gasteiger partial charge in [-0.1, -0.05) is 0 Å². The monoisotopic (exact) mass is 160 g/mol. The van der Waals surface area contributed by atoms with Crippen molar-refractivity contribution < 1.29 is 9.53 Å². The summed E-state index contributed by atoms with van der Waals surface area (Å²) in [4.78, 5) is 10.6. The van der Waals surface area contributed by atoms with E-state index in [1.807, 2.05) is 0 Å². The summed E-state index contributed by atoms with van der Waals surface area (Å²) in [7, 11) is 1.61. The number of ether oxygens (including phenoxy) is 1. The summed E-state index contributed by atoms with van der Waals surface area (Å²) in [5, 5.41) is 2.51. The van der Waals surface area contributed by atoms with E-state index in [1.165, 1.54) is 0 Å². The predicted octanol–water partition coefficient (Wildman–Crippen LogP) is -0.512. The average Bonchev–Trinajstić information content (AvgIpc) is 2.04. The van der Waals surface area contributed by atoms with E-state index in [-0.39, 0.29) is 5.91 Å². The third kappa shape index (κ3) is 7.29. The number of nitrogens with two attached hydrogens (primary N) is 1. The molecule has 11 heavy (non-hydrogen) atoms. The quantitative estimate of drug-likeness (QED) is 0.514. The lowest BCUT2D eigenvalue weighted by molar-refractivity contribution is -0.121. The molecule has 1 amide bonds. The molecule has 0 saturated heterocycles. The van der Waals surface area contributed by atoms with Crippen molar-refractivity contribution in [1.82, 2.24) is 5.32 Å². The SMILES string of the molecule is CNC(=O)CCOCCCN. The largest absolute Gasteiger partial charge is 0.381 e. The van der Waals surface area contributed by atoms with E-state index < -0.39 is 0 Å². The van der Waals surface area contributed by atoms with Crippen LogP contribution in [0.2, 0.25) is 0 Å². The molecule has 0 fully saturated rings. The highest BCUT2D eigenvalue weighted by Gasteiger charge is 1.95. The van der Waals surface area contributed by atoms with Crippen LogP contribution >= 0.6 is 0 Å². The van der Waals surface area contributed by atoms with Crippen LogP contribution in [0, 0.1) is 0 Å². The third-order valence-electron chi connectivity index (χ3n) is 1.25. The fourth-order valence-electron chi connectivity index (χ4n) is 0.577. The fourth-order valence-corrected chi connectivity index (χ4v) is 0.577. The van der Waals surface area contributed by atoms with Crippen LogP contribution in [0.5, 0.6) is 0 Å². The fraction of sp³-hybridized carbons (Fsp3) is 0.857. The van der Waals surface area contributed by atoms with E-state index in [9.17, 15) is 4.79 Å². The van der Waals surface area contributed by atoms with Crippen molar-refractivity contribution in [3.05, 3.63) is 0 Å². The lowest BCUT2D eigenvalue weighted by Gasteiger charge is -2.01. The first-order valence-electron chi connectivity index (χ1n) is 3.79. The van der Waals surface area contributed by atoms with Gasteiger partial charge >= 0.3 is 0 Å². The van der Waals surface area contributed by atoms with Crippen molar-refractivity contribution in [2.24, 2.45) is 5.73 Å². The Bertz CT molecular complexity index is 107. The van der Waals surface area contributed by atoms with Crippen LogP contribution in [0.3, 0.4) is 0 Å². The number of amides is 1. The number of hydrogen-bond acceptors (Lipinski definition) is 3. The zero-order valence-corrected chi connectivity index (χ0v) is 6.93. The molecule has 0 unspecified atom stereocenters. The van der Waals surface area contributed by atoms with Crippen molar-refractivity contribution in [2.75, 3.05) is 26.8 Å². The standard InChI is InChI=1S/C7H16N2O2/c1-9-7(10)3-6-11-5-2-4-8/h2-6,8H2,1H3,(H,9,10). The summed E-state index contributed by atoms with van der Waals surface area (Å²) in [5.41, 5.74) is 5.24. The van der Waals surface area contributed by atoms with Gasteiger partial charge in [0.25, 0.3) is 0 Å². The highest BCUT2D eigenvalue weighted by Crippen LogP contribution is 1.84. The van der Waals surface area contributed by atoms with E-state index in [4.69, 9.17) is 10.5 Å². The molecule has 0 aromatic carbocycles. The molecule has 0 radical (unpaired) electrons. The van der Waals surface area contributed by atoms with Crippen LogP contribution in [-0.2, 0) is 9.53 Å². The molecule has 66 valence electrons. The minimum Gasteiger partial charge on any atom is -0.381 e. The van der Waals surface area contributed by atoms with E-state index >= 15 is 0 Å². The zero-order chi connectivity index (χ0) is 8.53. The lowest BCUT2D eigenvalue weighted by Crippen LogP contribution is -2.19. The molecule has 0 aromatic heterocycles. The normalized spacial score (nSPS) is 9.64. The molecule has 0 aromatic rings. The number of nitrogens with one attached hydrogen (secondary N) is 1. The first kappa shape index (κ1) is 10.4. The van der Waals surface area contributed by atoms with Gasteiger partial charge in [0.2, 0.25) is 5.91 Å². The smallest absolute Gasteiger partial charge is 0.222 e. The van der Waals surface area contributed by atoms with Gasteiger partial charge in [-0.25, -0.2) is 0 Å². The maximum absolute atomic E-state index is 10.6. The van der Waals surface area contributed by atoms with E-state index in [0.717, 1.165) is 6.42 Å². The molecule has 4 heteroatoms. The third-order valence-corrected chi connectivity index (χ3v) is 1.25. The second-order valence-electron chi connectivity index (χ2n) is 2.18. The Morgan fingerprint density at radius 2 is 2.27 bits per heavy atom. The number of carbonyl (C=O) groups excluding carboxylic acids is 1. The molecular weight excluding hydrogens is 144 g/mol. The molecule has 3 N–H and O–H groups in total. The summed E-state index contributed by atoms with van der Waals surface area (Å²) >= 11 is 0. The molecule has 0 aliphatic heterocycles. The molecule has 0 saturated carbocycles. The highest BCUT2D eigenvalue weighted by molar-refractivity contribution is 5.75. The van der Waals surface area contributed by atoms with Crippen molar-refractivity contribution in [1.29, 1.82) is 0 Å². The molecule has 0 rings (SSSR count). The van der Waals surface area contributed by atoms with Gasteiger partial charge in [0.1, 0.15) is 0 Å². The molecule has 0 bridgehead atoms. The van der Waals surface area contributed by atoms with Crippen molar-refractivity contribution >= 4 is 5.91 Å². The minimum atomic E-state index is 0.0118. The van der Waals surface area contributed by atoms with Gasteiger partial charge in [-0.15, -0.1) is 0 Å². The van der Waals surface area contributed by atoms with Crippen molar-refractivity contribution in [3.63, 3.8) is 0 Å². The van der Waals surface area contributed by atoms with Crippen LogP contribution in [0.4, 0.5) is 0 Å². The van der Waals surface area contributed by atoms with Crippen molar-refractivity contribution in [2.45, 2.75) is 12.8 Å². The van der Waals surface area contributed by atoms with Gasteiger partial charge < -0.3 is 15.8 Å². The van der Waals surface area contributed by atoms with Crippen molar-refractivity contribution in [3.8, 4) is 0 Å². The Balaban J connectivity index is 2.95. The molecular formula is C7H16N2O2. The summed E-state index contributed by atoms with van der Waals surface area (Å²) in [6.07, 6.45) is 1.29. The van der Waals surface area contributed by atoms with E-state index in [2.05, 4.69) is 5.32 Å². The van der Waals surface area contributed by atoms with Crippen LogP contribution < -0.4 is 11.1 Å². The molecule has 0 heterocycles. The molecule has 4 nitrogen and oxygen atoms in total. The van der Waals surface area contributed by atoms with Crippen LogP contribution in [-0.4, -0.2) is 32.7 Å². The summed E-state index contributed by atoms with van der Waals surface area (Å²) in [6, 6.07) is 0. The zero-order valence-electron chi connectivity index (χ0n) is 6.93. The maximum Gasteiger partial charge on any atom is 0.222 e. The van der Waals surface area contributed by atoms with Crippen LogP contribution in [0.25, 0.3) is 0 Å². The van der Waals surface area contributed by atoms with Crippen LogP contribution in [0.15, 0.2) is 0 Å². The van der Waals surface area contributed by atoms with Gasteiger partial charge in [-0.3, -0.25) is 4.79 Å². The number of carbonyl (C=O) groups is 1. The van der Waals surface area contributed by atoms with E-state index in [0.29, 0.717) is 26.2 Å². The van der Waals surface area contributed by atoms with Gasteiger partial charge in [0.05, 0.1) is 6.61 Å². The summed E-state index contributed by atoms with van der Waals surface area (Å²) < 4.78 is 5.11. The molecule has 0 aliphatic rings. The Hall–Kier alpha value is -0.610. The van der Waals surface area contributed by atoms with Gasteiger partial charge in [0, 0.05) is 20.1 Å². The molecule has 0 spiro atoms. The first-order chi connectivity index (χ1) is 5.31. The minimum absolute atomic E-state index is 0.0118. The summed E-state index contributed by atoms with van der Waals surface area (Å²) in [6.45, 7) is 1.77. The maximum atomic E-state index is 10.6. The number of hydrogen-bond donors (Lipinski definition) is 2. The lowest BCUT2D eigenvalue weighted by atomic mass is 10.4.